The lowest BCUT2D eigenvalue weighted by molar-refractivity contribution is 0.627. The summed E-state index contributed by atoms with van der Waals surface area (Å²) >= 11 is 3.60. The number of nitrogens with one attached hydrogen (secondary N) is 1. The molecule has 112 valence electrons. The normalized spacial score (nSPS) is 10.7. The van der Waals surface area contributed by atoms with Crippen molar-refractivity contribution in [3.63, 3.8) is 0 Å². The van der Waals surface area contributed by atoms with Crippen molar-refractivity contribution in [3.05, 3.63) is 58.3 Å². The van der Waals surface area contributed by atoms with Crippen LogP contribution < -0.4 is 10.2 Å². The Bertz CT molecular complexity index is 601. The van der Waals surface area contributed by atoms with Gasteiger partial charge in [-0.25, -0.2) is 4.39 Å². The molecule has 4 heteroatoms. The van der Waals surface area contributed by atoms with Crippen LogP contribution in [0, 0.1) is 5.82 Å². The van der Waals surface area contributed by atoms with Gasteiger partial charge in [-0.1, -0.05) is 41.1 Å². The maximum absolute atomic E-state index is 13.8. The molecule has 21 heavy (non-hydrogen) atoms. The highest BCUT2D eigenvalue weighted by molar-refractivity contribution is 9.10. The first kappa shape index (κ1) is 16.0. The molecule has 0 aromatic heterocycles. The van der Waals surface area contributed by atoms with Crippen LogP contribution in [0.3, 0.4) is 0 Å². The smallest absolute Gasteiger partial charge is 0.146 e. The van der Waals surface area contributed by atoms with E-state index in [0.717, 1.165) is 29.7 Å². The molecule has 0 aliphatic carbocycles. The number of halogens is 2. The van der Waals surface area contributed by atoms with Gasteiger partial charge in [-0.2, -0.15) is 0 Å². The van der Waals surface area contributed by atoms with E-state index in [4.69, 9.17) is 0 Å². The molecule has 0 spiro atoms. The molecule has 2 nitrogen and oxygen atoms in total. The predicted molar refractivity (Wildman–Crippen MR) is 90.6 cm³/mol. The summed E-state index contributed by atoms with van der Waals surface area (Å²) in [5, 5.41) is 3.38. The van der Waals surface area contributed by atoms with Gasteiger partial charge >= 0.3 is 0 Å². The molecule has 2 rings (SSSR count). The molecule has 0 fully saturated rings. The molecule has 0 aliphatic rings. The van der Waals surface area contributed by atoms with Crippen molar-refractivity contribution in [2.24, 2.45) is 0 Å². The molecule has 0 amide bonds. The molecule has 0 saturated heterocycles. The first-order chi connectivity index (χ1) is 10.1. The van der Waals surface area contributed by atoms with E-state index in [1.807, 2.05) is 30.1 Å². The predicted octanol–water partition coefficient (Wildman–Crippen LogP) is 4.86. The van der Waals surface area contributed by atoms with Crippen molar-refractivity contribution < 1.29 is 4.39 Å². The second kappa shape index (κ2) is 7.57. The molecule has 0 unspecified atom stereocenters. The minimum atomic E-state index is -0.218. The summed E-state index contributed by atoms with van der Waals surface area (Å²) in [7, 11) is 1.87. The fraction of sp³-hybridized carbons (Fsp3) is 0.294. The zero-order chi connectivity index (χ0) is 15.2. The molecule has 2 aromatic rings. The third kappa shape index (κ3) is 4.05. The lowest BCUT2D eigenvalue weighted by atomic mass is 10.1. The van der Waals surface area contributed by atoms with Crippen molar-refractivity contribution in [1.82, 2.24) is 5.32 Å². The van der Waals surface area contributed by atoms with Gasteiger partial charge in [-0.05, 0) is 42.8 Å². The number of nitrogens with zero attached hydrogens (tertiary/aromatic N) is 1. The number of para-hydroxylation sites is 1. The van der Waals surface area contributed by atoms with Gasteiger partial charge in [0.1, 0.15) is 5.82 Å². The maximum Gasteiger partial charge on any atom is 0.146 e. The van der Waals surface area contributed by atoms with Crippen LogP contribution in [-0.4, -0.2) is 13.6 Å². The van der Waals surface area contributed by atoms with Crippen molar-refractivity contribution in [2.75, 3.05) is 18.5 Å². The van der Waals surface area contributed by atoms with E-state index in [0.29, 0.717) is 5.69 Å². The van der Waals surface area contributed by atoms with Gasteiger partial charge in [0.25, 0.3) is 0 Å². The van der Waals surface area contributed by atoms with Crippen LogP contribution in [0.25, 0.3) is 0 Å². The first-order valence-corrected chi connectivity index (χ1v) is 7.90. The monoisotopic (exact) mass is 350 g/mol. The van der Waals surface area contributed by atoms with Crippen LogP contribution in [0.2, 0.25) is 0 Å². The number of hydrogen-bond donors (Lipinski definition) is 1. The van der Waals surface area contributed by atoms with Gasteiger partial charge in [0, 0.05) is 23.8 Å². The molecule has 0 heterocycles. The van der Waals surface area contributed by atoms with Gasteiger partial charge in [0.05, 0.1) is 5.69 Å². The molecular formula is C17H20BrFN2. The highest BCUT2D eigenvalue weighted by atomic mass is 79.9. The maximum atomic E-state index is 13.8. The van der Waals surface area contributed by atoms with Gasteiger partial charge in [0.15, 0.2) is 0 Å². The Morgan fingerprint density at radius 1 is 1.19 bits per heavy atom. The van der Waals surface area contributed by atoms with Gasteiger partial charge < -0.3 is 10.2 Å². The third-order valence-electron chi connectivity index (χ3n) is 3.38. The van der Waals surface area contributed by atoms with Gasteiger partial charge in [0.2, 0.25) is 0 Å². The zero-order valence-corrected chi connectivity index (χ0v) is 14.0. The molecule has 0 saturated carbocycles. The summed E-state index contributed by atoms with van der Waals surface area (Å²) in [6.07, 6.45) is 1.12. The minimum absolute atomic E-state index is 0.218. The summed E-state index contributed by atoms with van der Waals surface area (Å²) in [4.78, 5) is 1.85. The van der Waals surface area contributed by atoms with Crippen LogP contribution in [0.15, 0.2) is 46.9 Å². The van der Waals surface area contributed by atoms with E-state index in [2.05, 4.69) is 34.2 Å². The minimum Gasteiger partial charge on any atom is -0.342 e. The largest absolute Gasteiger partial charge is 0.342 e. The SMILES string of the molecule is CCCNCc1ccc(N(C)c2ccccc2F)cc1Br. The molecule has 0 bridgehead atoms. The number of rotatable bonds is 6. The van der Waals surface area contributed by atoms with E-state index >= 15 is 0 Å². The summed E-state index contributed by atoms with van der Waals surface area (Å²) in [6, 6.07) is 12.9. The Morgan fingerprint density at radius 3 is 2.62 bits per heavy atom. The number of anilines is 2. The summed E-state index contributed by atoms with van der Waals surface area (Å²) in [5.41, 5.74) is 2.72. The lowest BCUT2D eigenvalue weighted by Gasteiger charge is -2.21. The van der Waals surface area contributed by atoms with Crippen LogP contribution in [0.5, 0.6) is 0 Å². The number of benzene rings is 2. The van der Waals surface area contributed by atoms with Crippen LogP contribution >= 0.6 is 15.9 Å². The molecule has 2 aromatic carbocycles. The van der Waals surface area contributed by atoms with Gasteiger partial charge in [-0.3, -0.25) is 0 Å². The van der Waals surface area contributed by atoms with Crippen LogP contribution in [-0.2, 0) is 6.54 Å². The second-order valence-electron chi connectivity index (χ2n) is 4.96. The Kier molecular flexibility index (Phi) is 5.76. The average molecular weight is 351 g/mol. The summed E-state index contributed by atoms with van der Waals surface area (Å²) in [5.74, 6) is -0.218. The summed E-state index contributed by atoms with van der Waals surface area (Å²) in [6.45, 7) is 3.98. The lowest BCUT2D eigenvalue weighted by Crippen LogP contribution is -2.15. The van der Waals surface area contributed by atoms with E-state index in [1.54, 1.807) is 12.1 Å². The molecule has 1 N–H and O–H groups in total. The molecule has 0 radical (unpaired) electrons. The molecule has 0 atom stereocenters. The highest BCUT2D eigenvalue weighted by Gasteiger charge is 2.10. The standard InChI is InChI=1S/C17H20BrFN2/c1-3-10-20-12-13-8-9-14(11-15(13)18)21(2)17-7-5-4-6-16(17)19/h4-9,11,20H,3,10,12H2,1-2H3. The van der Waals surface area contributed by atoms with E-state index < -0.39 is 0 Å². The third-order valence-corrected chi connectivity index (χ3v) is 4.12. The van der Waals surface area contributed by atoms with Crippen molar-refractivity contribution in [2.45, 2.75) is 19.9 Å². The topological polar surface area (TPSA) is 15.3 Å². The average Bonchev–Trinajstić information content (AvgIpc) is 2.49. The zero-order valence-electron chi connectivity index (χ0n) is 12.4. The Morgan fingerprint density at radius 2 is 1.95 bits per heavy atom. The fourth-order valence-corrected chi connectivity index (χ4v) is 2.66. The molecule has 0 aliphatic heterocycles. The van der Waals surface area contributed by atoms with E-state index in [9.17, 15) is 4.39 Å². The summed E-state index contributed by atoms with van der Waals surface area (Å²) < 4.78 is 14.9. The highest BCUT2D eigenvalue weighted by Crippen LogP contribution is 2.29. The van der Waals surface area contributed by atoms with Crippen molar-refractivity contribution in [3.8, 4) is 0 Å². The van der Waals surface area contributed by atoms with Crippen molar-refractivity contribution >= 4 is 27.3 Å². The van der Waals surface area contributed by atoms with Crippen LogP contribution in [0.1, 0.15) is 18.9 Å². The Balaban J connectivity index is 2.18. The quantitative estimate of drug-likeness (QED) is 0.748. The van der Waals surface area contributed by atoms with Crippen molar-refractivity contribution in [1.29, 1.82) is 0 Å². The van der Waals surface area contributed by atoms with E-state index in [-0.39, 0.29) is 5.82 Å². The Hall–Kier alpha value is -1.39. The van der Waals surface area contributed by atoms with Gasteiger partial charge in [-0.15, -0.1) is 0 Å². The fourth-order valence-electron chi connectivity index (χ4n) is 2.15. The molecular weight excluding hydrogens is 331 g/mol. The van der Waals surface area contributed by atoms with E-state index in [1.165, 1.54) is 11.6 Å². The van der Waals surface area contributed by atoms with Crippen LogP contribution in [0.4, 0.5) is 15.8 Å². The second-order valence-corrected chi connectivity index (χ2v) is 5.82. The Labute approximate surface area is 134 Å². The first-order valence-electron chi connectivity index (χ1n) is 7.11. The number of hydrogen-bond acceptors (Lipinski definition) is 2.